The molecule has 0 aromatic carbocycles. The molecular formula is C11H15F3N4O. The molecule has 1 rings (SSSR count). The Morgan fingerprint density at radius 3 is 2.68 bits per heavy atom. The van der Waals surface area contributed by atoms with Crippen LogP contribution in [0.3, 0.4) is 0 Å². The van der Waals surface area contributed by atoms with Crippen molar-refractivity contribution in [3.63, 3.8) is 0 Å². The number of hydrogen-bond donors (Lipinski definition) is 2. The number of anilines is 2. The Hall–Kier alpha value is -1.83. The van der Waals surface area contributed by atoms with Crippen LogP contribution in [0.5, 0.6) is 0 Å². The standard InChI is InChI=1S/C11H15F3N4O/c1-18(2)10-8(4-3-5-16-10)17-9(19)6-15-7-11(12,13)14/h3-5,15H,6-7H2,1-2H3,(H,17,19). The molecular weight excluding hydrogens is 261 g/mol. The molecule has 1 heterocycles. The zero-order valence-electron chi connectivity index (χ0n) is 10.6. The van der Waals surface area contributed by atoms with E-state index in [-0.39, 0.29) is 0 Å². The Morgan fingerprint density at radius 1 is 1.42 bits per heavy atom. The zero-order valence-corrected chi connectivity index (χ0v) is 10.6. The molecule has 1 aromatic rings. The van der Waals surface area contributed by atoms with Crippen LogP contribution in [0.25, 0.3) is 0 Å². The highest BCUT2D eigenvalue weighted by Crippen LogP contribution is 2.19. The Kier molecular flexibility index (Phi) is 5.11. The second kappa shape index (κ2) is 6.37. The van der Waals surface area contributed by atoms with Gasteiger partial charge < -0.3 is 15.5 Å². The summed E-state index contributed by atoms with van der Waals surface area (Å²) in [4.78, 5) is 17.2. The maximum Gasteiger partial charge on any atom is 0.401 e. The lowest BCUT2D eigenvalue weighted by Gasteiger charge is -2.16. The quantitative estimate of drug-likeness (QED) is 0.849. The van der Waals surface area contributed by atoms with Crippen molar-refractivity contribution >= 4 is 17.4 Å². The van der Waals surface area contributed by atoms with Gasteiger partial charge in [-0.1, -0.05) is 0 Å². The van der Waals surface area contributed by atoms with Crippen molar-refractivity contribution in [2.75, 3.05) is 37.4 Å². The fraction of sp³-hybridized carbons (Fsp3) is 0.455. The van der Waals surface area contributed by atoms with Crippen LogP contribution in [-0.2, 0) is 4.79 Å². The van der Waals surface area contributed by atoms with Crippen LogP contribution >= 0.6 is 0 Å². The Bertz CT molecular complexity index is 434. The van der Waals surface area contributed by atoms with Crippen molar-refractivity contribution < 1.29 is 18.0 Å². The lowest BCUT2D eigenvalue weighted by atomic mass is 10.3. The normalized spacial score (nSPS) is 11.2. The van der Waals surface area contributed by atoms with Gasteiger partial charge in [-0.3, -0.25) is 4.79 Å². The van der Waals surface area contributed by atoms with Crippen LogP contribution < -0.4 is 15.5 Å². The molecule has 8 heteroatoms. The summed E-state index contributed by atoms with van der Waals surface area (Å²) in [7, 11) is 3.50. The molecule has 1 aromatic heterocycles. The first-order valence-electron chi connectivity index (χ1n) is 5.49. The largest absolute Gasteiger partial charge is 0.401 e. The average Bonchev–Trinajstić information content (AvgIpc) is 2.27. The maximum absolute atomic E-state index is 11.9. The summed E-state index contributed by atoms with van der Waals surface area (Å²) < 4.78 is 35.7. The molecule has 0 bridgehead atoms. The van der Waals surface area contributed by atoms with E-state index in [1.54, 1.807) is 37.3 Å². The van der Waals surface area contributed by atoms with Gasteiger partial charge in [-0.05, 0) is 12.1 Å². The van der Waals surface area contributed by atoms with Crippen LogP contribution in [0.4, 0.5) is 24.7 Å². The third-order valence-electron chi connectivity index (χ3n) is 2.10. The van der Waals surface area contributed by atoms with Gasteiger partial charge in [0.15, 0.2) is 5.82 Å². The summed E-state index contributed by atoms with van der Waals surface area (Å²) in [6, 6.07) is 3.26. The van der Waals surface area contributed by atoms with E-state index in [1.165, 1.54) is 0 Å². The third-order valence-corrected chi connectivity index (χ3v) is 2.10. The number of aromatic nitrogens is 1. The summed E-state index contributed by atoms with van der Waals surface area (Å²) in [6.45, 7) is -1.62. The number of pyridine rings is 1. The number of alkyl halides is 3. The number of carbonyl (C=O) groups excluding carboxylic acids is 1. The zero-order chi connectivity index (χ0) is 14.5. The highest BCUT2D eigenvalue weighted by atomic mass is 19.4. The second-order valence-electron chi connectivity index (χ2n) is 4.04. The number of halogens is 3. The Labute approximate surface area is 108 Å². The molecule has 0 radical (unpaired) electrons. The number of nitrogens with zero attached hydrogens (tertiary/aromatic N) is 2. The van der Waals surface area contributed by atoms with Crippen LogP contribution in [0.15, 0.2) is 18.3 Å². The maximum atomic E-state index is 11.9. The summed E-state index contributed by atoms with van der Waals surface area (Å²) >= 11 is 0. The van der Waals surface area contributed by atoms with Crippen LogP contribution in [0.2, 0.25) is 0 Å². The van der Waals surface area contributed by atoms with Crippen molar-refractivity contribution in [2.45, 2.75) is 6.18 Å². The Morgan fingerprint density at radius 2 is 2.11 bits per heavy atom. The van der Waals surface area contributed by atoms with Gasteiger partial charge in [-0.15, -0.1) is 0 Å². The van der Waals surface area contributed by atoms with E-state index < -0.39 is 25.2 Å². The summed E-state index contributed by atoms with van der Waals surface area (Å²) in [5.74, 6) is -0.0213. The molecule has 0 saturated heterocycles. The fourth-order valence-corrected chi connectivity index (χ4v) is 1.36. The fourth-order valence-electron chi connectivity index (χ4n) is 1.36. The highest BCUT2D eigenvalue weighted by molar-refractivity contribution is 5.94. The molecule has 19 heavy (non-hydrogen) atoms. The molecule has 0 aliphatic rings. The number of amides is 1. The van der Waals surface area contributed by atoms with Gasteiger partial charge in [0.25, 0.3) is 0 Å². The van der Waals surface area contributed by atoms with Gasteiger partial charge in [-0.2, -0.15) is 13.2 Å². The predicted molar refractivity (Wildman–Crippen MR) is 66.1 cm³/mol. The topological polar surface area (TPSA) is 57.3 Å². The highest BCUT2D eigenvalue weighted by Gasteiger charge is 2.26. The third kappa shape index (κ3) is 5.56. The number of carbonyl (C=O) groups is 1. The average molecular weight is 276 g/mol. The van der Waals surface area contributed by atoms with E-state index >= 15 is 0 Å². The van der Waals surface area contributed by atoms with Crippen molar-refractivity contribution in [2.24, 2.45) is 0 Å². The lowest BCUT2D eigenvalue weighted by Crippen LogP contribution is -2.35. The SMILES string of the molecule is CN(C)c1ncccc1NC(=O)CNCC(F)(F)F. The van der Waals surface area contributed by atoms with E-state index in [0.717, 1.165) is 0 Å². The molecule has 5 nitrogen and oxygen atoms in total. The first kappa shape index (κ1) is 15.2. The first-order valence-corrected chi connectivity index (χ1v) is 5.49. The van der Waals surface area contributed by atoms with E-state index in [9.17, 15) is 18.0 Å². The summed E-state index contributed by atoms with van der Waals surface area (Å²) in [5.41, 5.74) is 0.450. The minimum Gasteiger partial charge on any atom is -0.361 e. The van der Waals surface area contributed by atoms with Gasteiger partial charge in [0.05, 0.1) is 18.8 Å². The Balaban J connectivity index is 2.53. The summed E-state index contributed by atoms with van der Waals surface area (Å²) in [6.07, 6.45) is -2.77. The van der Waals surface area contributed by atoms with Crippen molar-refractivity contribution in [3.05, 3.63) is 18.3 Å². The van der Waals surface area contributed by atoms with Crippen molar-refractivity contribution in [3.8, 4) is 0 Å². The summed E-state index contributed by atoms with van der Waals surface area (Å²) in [5, 5.41) is 4.53. The second-order valence-corrected chi connectivity index (χ2v) is 4.04. The van der Waals surface area contributed by atoms with Gasteiger partial charge in [0.2, 0.25) is 5.91 Å². The van der Waals surface area contributed by atoms with Crippen molar-refractivity contribution in [1.82, 2.24) is 10.3 Å². The van der Waals surface area contributed by atoms with E-state index in [2.05, 4.69) is 10.3 Å². The van der Waals surface area contributed by atoms with Crippen LogP contribution in [-0.4, -0.2) is 44.3 Å². The minimum absolute atomic E-state index is 0.415. The van der Waals surface area contributed by atoms with Gasteiger partial charge in [-0.25, -0.2) is 4.98 Å². The van der Waals surface area contributed by atoms with Gasteiger partial charge in [0.1, 0.15) is 0 Å². The molecule has 106 valence electrons. The number of hydrogen-bond acceptors (Lipinski definition) is 4. The lowest BCUT2D eigenvalue weighted by molar-refractivity contribution is -0.126. The number of nitrogens with one attached hydrogen (secondary N) is 2. The molecule has 1 amide bonds. The van der Waals surface area contributed by atoms with E-state index in [1.807, 2.05) is 5.32 Å². The minimum atomic E-state index is -4.33. The molecule has 0 unspecified atom stereocenters. The van der Waals surface area contributed by atoms with Crippen LogP contribution in [0, 0.1) is 0 Å². The van der Waals surface area contributed by atoms with Gasteiger partial charge in [0, 0.05) is 20.3 Å². The molecule has 2 N–H and O–H groups in total. The smallest absolute Gasteiger partial charge is 0.361 e. The van der Waals surface area contributed by atoms with E-state index in [0.29, 0.717) is 11.5 Å². The van der Waals surface area contributed by atoms with Crippen LogP contribution in [0.1, 0.15) is 0 Å². The molecule has 0 atom stereocenters. The first-order chi connectivity index (χ1) is 8.79. The molecule has 0 fully saturated rings. The molecule has 0 spiro atoms. The molecule has 0 saturated carbocycles. The predicted octanol–water partition coefficient (Wildman–Crippen LogP) is 1.24. The van der Waals surface area contributed by atoms with Crippen molar-refractivity contribution in [1.29, 1.82) is 0 Å². The number of rotatable bonds is 5. The van der Waals surface area contributed by atoms with E-state index in [4.69, 9.17) is 0 Å². The molecule has 0 aliphatic carbocycles. The molecule has 0 aliphatic heterocycles. The monoisotopic (exact) mass is 276 g/mol. The van der Waals surface area contributed by atoms with Gasteiger partial charge >= 0.3 is 6.18 Å².